The Morgan fingerprint density at radius 1 is 1.00 bits per heavy atom. The van der Waals surface area contributed by atoms with Crippen molar-refractivity contribution in [3.63, 3.8) is 0 Å². The highest BCUT2D eigenvalue weighted by molar-refractivity contribution is 7.10. The van der Waals surface area contributed by atoms with Gasteiger partial charge in [0, 0.05) is 62.8 Å². The van der Waals surface area contributed by atoms with E-state index >= 15 is 0 Å². The zero-order valence-corrected chi connectivity index (χ0v) is 19.5. The van der Waals surface area contributed by atoms with Gasteiger partial charge in [0.2, 0.25) is 0 Å². The number of carbonyl (C=O) groups excluding carboxylic acids is 2. The smallest absolute Gasteiger partial charge is 0.322 e. The molecule has 3 aromatic rings. The second kappa shape index (κ2) is 10.1. The third-order valence-corrected chi connectivity index (χ3v) is 6.93. The average Bonchev–Trinajstić information content (AvgIpc) is 3.37. The number of carbonyl (C=O) groups is 2. The van der Waals surface area contributed by atoms with Gasteiger partial charge in [-0.2, -0.15) is 0 Å². The Kier molecular flexibility index (Phi) is 6.61. The lowest BCUT2D eigenvalue weighted by molar-refractivity contribution is 0.0606. The Bertz CT molecular complexity index is 1120. The van der Waals surface area contributed by atoms with Crippen LogP contribution >= 0.6 is 11.5 Å². The summed E-state index contributed by atoms with van der Waals surface area (Å²) in [6.07, 6.45) is 8.16. The average molecular weight is 479 g/mol. The fraction of sp³-hybridized carbons (Fsp3) is 0.391. The number of amides is 3. The summed E-state index contributed by atoms with van der Waals surface area (Å²) in [6.45, 7) is 3.15. The second-order valence-corrected chi connectivity index (χ2v) is 9.09. The number of hydrogen-bond donors (Lipinski definition) is 1. The van der Waals surface area contributed by atoms with E-state index in [1.165, 1.54) is 0 Å². The fourth-order valence-electron chi connectivity index (χ4n) is 4.50. The lowest BCUT2D eigenvalue weighted by Gasteiger charge is -2.36. The molecule has 0 spiro atoms. The molecule has 1 atom stereocenters. The van der Waals surface area contributed by atoms with Gasteiger partial charge in [-0.3, -0.25) is 15.1 Å². The standard InChI is InChI=1S/C23H26N8O2S/c32-22(31-11-4-2-7-18(31)17-6-5-9-24-16-17)20-21(34-28-27-20)26-23(33)30-14-12-29(13-15-30)19-8-1-3-10-25-19/h1,3,5-6,8-10,16,18H,2,4,7,11-15H2,(H,26,33)/t18-/m1/s1. The molecule has 1 N–H and O–H groups in total. The van der Waals surface area contributed by atoms with Gasteiger partial charge < -0.3 is 14.7 Å². The van der Waals surface area contributed by atoms with Gasteiger partial charge in [-0.1, -0.05) is 16.6 Å². The summed E-state index contributed by atoms with van der Waals surface area (Å²) < 4.78 is 3.97. The summed E-state index contributed by atoms with van der Waals surface area (Å²) in [6, 6.07) is 9.39. The van der Waals surface area contributed by atoms with Crippen LogP contribution in [0.5, 0.6) is 0 Å². The van der Waals surface area contributed by atoms with Crippen molar-refractivity contribution in [3.8, 4) is 0 Å². The van der Waals surface area contributed by atoms with Crippen LogP contribution in [-0.4, -0.2) is 74.0 Å². The van der Waals surface area contributed by atoms with Crippen molar-refractivity contribution in [2.45, 2.75) is 25.3 Å². The minimum Gasteiger partial charge on any atom is -0.353 e. The number of urea groups is 1. The molecular weight excluding hydrogens is 452 g/mol. The molecule has 0 bridgehead atoms. The molecule has 0 unspecified atom stereocenters. The van der Waals surface area contributed by atoms with E-state index in [-0.39, 0.29) is 23.7 Å². The predicted octanol–water partition coefficient (Wildman–Crippen LogP) is 3.05. The first-order valence-electron chi connectivity index (χ1n) is 11.5. The Labute approximate surface area is 201 Å². The highest BCUT2D eigenvalue weighted by Gasteiger charge is 2.33. The highest BCUT2D eigenvalue weighted by Crippen LogP contribution is 2.33. The highest BCUT2D eigenvalue weighted by atomic mass is 32.1. The number of pyridine rings is 2. The van der Waals surface area contributed by atoms with E-state index in [1.807, 2.05) is 41.4 Å². The summed E-state index contributed by atoms with van der Waals surface area (Å²) in [5.41, 5.74) is 1.20. The largest absolute Gasteiger partial charge is 0.353 e. The van der Waals surface area contributed by atoms with E-state index in [9.17, 15) is 9.59 Å². The molecule has 0 aromatic carbocycles. The van der Waals surface area contributed by atoms with Gasteiger partial charge >= 0.3 is 6.03 Å². The van der Waals surface area contributed by atoms with Crippen LogP contribution in [-0.2, 0) is 0 Å². The van der Waals surface area contributed by atoms with Crippen molar-refractivity contribution in [3.05, 3.63) is 60.2 Å². The number of nitrogens with zero attached hydrogens (tertiary/aromatic N) is 7. The first-order valence-corrected chi connectivity index (χ1v) is 12.2. The molecule has 11 heteroatoms. The number of likely N-dealkylation sites (tertiary alicyclic amines) is 1. The molecule has 3 aromatic heterocycles. The van der Waals surface area contributed by atoms with Gasteiger partial charge in [0.25, 0.3) is 5.91 Å². The van der Waals surface area contributed by atoms with Gasteiger partial charge in [-0.25, -0.2) is 9.78 Å². The van der Waals surface area contributed by atoms with E-state index in [2.05, 4.69) is 29.8 Å². The Morgan fingerprint density at radius 3 is 2.65 bits per heavy atom. The number of piperazine rings is 1. The van der Waals surface area contributed by atoms with Gasteiger partial charge in [0.15, 0.2) is 10.7 Å². The maximum Gasteiger partial charge on any atom is 0.322 e. The summed E-state index contributed by atoms with van der Waals surface area (Å²) in [5, 5.41) is 7.34. The zero-order chi connectivity index (χ0) is 23.3. The Balaban J connectivity index is 1.24. The van der Waals surface area contributed by atoms with Crippen LogP contribution in [0, 0.1) is 0 Å². The number of piperidine rings is 1. The first kappa shape index (κ1) is 22.2. The zero-order valence-electron chi connectivity index (χ0n) is 18.7. The van der Waals surface area contributed by atoms with Crippen molar-refractivity contribution in [2.75, 3.05) is 42.9 Å². The van der Waals surface area contributed by atoms with E-state index in [4.69, 9.17) is 0 Å². The number of rotatable bonds is 4. The molecule has 3 amide bonds. The van der Waals surface area contributed by atoms with Crippen LogP contribution in [0.25, 0.3) is 0 Å². The lowest BCUT2D eigenvalue weighted by atomic mass is 9.96. The summed E-state index contributed by atoms with van der Waals surface area (Å²) in [7, 11) is 0. The number of aromatic nitrogens is 4. The molecule has 2 aliphatic rings. The third kappa shape index (κ3) is 4.69. The van der Waals surface area contributed by atoms with Crippen LogP contribution in [0.2, 0.25) is 0 Å². The van der Waals surface area contributed by atoms with E-state index < -0.39 is 0 Å². The van der Waals surface area contributed by atoms with Gasteiger partial charge in [-0.05, 0) is 43.0 Å². The van der Waals surface area contributed by atoms with Gasteiger partial charge in [0.1, 0.15) is 5.82 Å². The number of nitrogens with one attached hydrogen (secondary N) is 1. The normalized spacial score (nSPS) is 18.6. The van der Waals surface area contributed by atoms with E-state index in [0.717, 1.165) is 42.2 Å². The molecule has 5 rings (SSSR count). The minimum absolute atomic E-state index is 0.0557. The molecule has 176 valence electrons. The molecule has 2 fully saturated rings. The monoisotopic (exact) mass is 478 g/mol. The summed E-state index contributed by atoms with van der Waals surface area (Å²) in [5.74, 6) is 0.698. The van der Waals surface area contributed by atoms with Gasteiger partial charge in [0.05, 0.1) is 6.04 Å². The van der Waals surface area contributed by atoms with Crippen LogP contribution in [0.3, 0.4) is 0 Å². The van der Waals surface area contributed by atoms with Crippen molar-refractivity contribution in [1.82, 2.24) is 29.4 Å². The molecule has 10 nitrogen and oxygen atoms in total. The Morgan fingerprint density at radius 2 is 1.88 bits per heavy atom. The van der Waals surface area contributed by atoms with Crippen LogP contribution in [0.15, 0.2) is 48.9 Å². The van der Waals surface area contributed by atoms with Crippen LogP contribution < -0.4 is 10.2 Å². The quantitative estimate of drug-likeness (QED) is 0.614. The molecule has 0 aliphatic carbocycles. The molecule has 2 saturated heterocycles. The maximum absolute atomic E-state index is 13.5. The Hall–Kier alpha value is -3.60. The van der Waals surface area contributed by atoms with E-state index in [0.29, 0.717) is 37.7 Å². The van der Waals surface area contributed by atoms with Gasteiger partial charge in [-0.15, -0.1) is 5.10 Å². The molecule has 5 heterocycles. The third-order valence-electron chi connectivity index (χ3n) is 6.28. The van der Waals surface area contributed by atoms with Crippen LogP contribution in [0.1, 0.15) is 41.4 Å². The van der Waals surface area contributed by atoms with Crippen molar-refractivity contribution in [2.24, 2.45) is 0 Å². The second-order valence-electron chi connectivity index (χ2n) is 8.34. The van der Waals surface area contributed by atoms with E-state index in [1.54, 1.807) is 17.3 Å². The molecule has 2 aliphatic heterocycles. The predicted molar refractivity (Wildman–Crippen MR) is 129 cm³/mol. The maximum atomic E-state index is 13.5. The summed E-state index contributed by atoms with van der Waals surface area (Å²) in [4.78, 5) is 40.7. The van der Waals surface area contributed by atoms with Crippen molar-refractivity contribution in [1.29, 1.82) is 0 Å². The molecule has 0 saturated carbocycles. The lowest BCUT2D eigenvalue weighted by Crippen LogP contribution is -2.50. The molecule has 34 heavy (non-hydrogen) atoms. The SMILES string of the molecule is O=C(Nc1snnc1C(=O)N1CCCC[C@@H]1c1cccnc1)N1CCN(c2ccccn2)CC1. The van der Waals surface area contributed by atoms with Crippen molar-refractivity contribution < 1.29 is 9.59 Å². The minimum atomic E-state index is -0.247. The first-order chi connectivity index (χ1) is 16.7. The topological polar surface area (TPSA) is 107 Å². The number of hydrogen-bond acceptors (Lipinski definition) is 8. The summed E-state index contributed by atoms with van der Waals surface area (Å²) >= 11 is 1.03. The van der Waals surface area contributed by atoms with Crippen LogP contribution in [0.4, 0.5) is 15.6 Å². The van der Waals surface area contributed by atoms with Crippen molar-refractivity contribution >= 4 is 34.3 Å². The molecular formula is C23H26N8O2S. The molecule has 0 radical (unpaired) electrons. The number of anilines is 2. The fourth-order valence-corrected chi connectivity index (χ4v) is 5.05.